The summed E-state index contributed by atoms with van der Waals surface area (Å²) in [4.78, 5) is 28.1. The van der Waals surface area contributed by atoms with E-state index in [2.05, 4.69) is 6.07 Å². The van der Waals surface area contributed by atoms with Crippen LogP contribution in [0.2, 0.25) is 10.0 Å². The largest absolute Gasteiger partial charge is 0.636 e. The molecule has 3 aromatic carbocycles. The third-order valence-electron chi connectivity index (χ3n) is 8.99. The van der Waals surface area contributed by atoms with Crippen LogP contribution < -0.4 is 5.46 Å². The van der Waals surface area contributed by atoms with Crippen LogP contribution in [0.3, 0.4) is 0 Å². The number of carbonyl (C=O) groups excluding carboxylic acids is 2. The first-order valence-corrected chi connectivity index (χ1v) is 16.3. The molecule has 0 aromatic heterocycles. The SMILES string of the molecule is CN1CC(=O)OB(c2ccc(CN3[C@@H](CC(C)(C)C)[C@](C#N)(c4ccc(Cl)cc4F)[C@@H](c4cccc(Cl)c4F)[C@@H]3CO)cc2)OC(=O)C1. The summed E-state index contributed by atoms with van der Waals surface area (Å²) in [6.45, 7) is 5.55. The Morgan fingerprint density at radius 3 is 2.25 bits per heavy atom. The van der Waals surface area contributed by atoms with Gasteiger partial charge in [0.1, 0.15) is 17.0 Å². The zero-order chi connectivity index (χ0) is 35.0. The fraction of sp³-hybridized carbons (Fsp3) is 0.400. The van der Waals surface area contributed by atoms with E-state index in [0.717, 1.165) is 11.6 Å². The summed E-state index contributed by atoms with van der Waals surface area (Å²) in [6.07, 6.45) is 0.373. The van der Waals surface area contributed by atoms with Crippen LogP contribution >= 0.6 is 23.2 Å². The van der Waals surface area contributed by atoms with Gasteiger partial charge in [0, 0.05) is 40.6 Å². The van der Waals surface area contributed by atoms with Crippen molar-refractivity contribution in [2.24, 2.45) is 5.41 Å². The molecule has 0 amide bonds. The molecular weight excluding hydrogens is 662 g/mol. The van der Waals surface area contributed by atoms with E-state index in [1.807, 2.05) is 25.7 Å². The van der Waals surface area contributed by atoms with Gasteiger partial charge in [-0.05, 0) is 48.2 Å². The minimum Gasteiger partial charge on any atom is -0.494 e. The second-order valence-electron chi connectivity index (χ2n) is 13.7. The number of benzene rings is 3. The number of aliphatic hydroxyl groups is 1. The minimum absolute atomic E-state index is 0.0443. The normalized spacial score (nSPS) is 24.1. The number of rotatable bonds is 7. The van der Waals surface area contributed by atoms with E-state index in [0.29, 0.717) is 11.9 Å². The molecule has 0 bridgehead atoms. The van der Waals surface area contributed by atoms with Gasteiger partial charge in [-0.15, -0.1) is 0 Å². The Morgan fingerprint density at radius 1 is 1.04 bits per heavy atom. The lowest BCUT2D eigenvalue weighted by Crippen LogP contribution is -2.48. The molecule has 48 heavy (non-hydrogen) atoms. The second kappa shape index (κ2) is 14.1. The van der Waals surface area contributed by atoms with Gasteiger partial charge >= 0.3 is 19.1 Å². The molecule has 2 aliphatic heterocycles. The smallest absolute Gasteiger partial charge is 0.494 e. The van der Waals surface area contributed by atoms with Crippen LogP contribution in [-0.2, 0) is 30.9 Å². The van der Waals surface area contributed by atoms with Crippen LogP contribution in [0.25, 0.3) is 0 Å². The molecule has 0 radical (unpaired) electrons. The summed E-state index contributed by atoms with van der Waals surface area (Å²) < 4.78 is 42.8. The Hall–Kier alpha value is -3.53. The number of likely N-dealkylation sites (tertiary alicyclic amines) is 1. The average Bonchev–Trinajstić information content (AvgIpc) is 3.25. The zero-order valence-corrected chi connectivity index (χ0v) is 28.6. The predicted molar refractivity (Wildman–Crippen MR) is 179 cm³/mol. The monoisotopic (exact) mass is 697 g/mol. The van der Waals surface area contributed by atoms with Gasteiger partial charge in [-0.25, -0.2) is 8.78 Å². The fourth-order valence-electron chi connectivity index (χ4n) is 7.04. The highest BCUT2D eigenvalue weighted by Gasteiger charge is 2.62. The summed E-state index contributed by atoms with van der Waals surface area (Å²) in [5.74, 6) is -3.60. The van der Waals surface area contributed by atoms with Crippen molar-refractivity contribution in [1.82, 2.24) is 9.80 Å². The molecule has 2 aliphatic rings. The molecule has 5 rings (SSSR count). The number of aliphatic hydroxyl groups excluding tert-OH is 1. The first kappa shape index (κ1) is 35.8. The van der Waals surface area contributed by atoms with E-state index in [4.69, 9.17) is 32.5 Å². The first-order chi connectivity index (χ1) is 22.7. The standard InChI is InChI=1S/C35H36BCl2F2N3O5/c1-34(2,3)15-29-35(20-41,25-13-12-23(37)14-27(25)39)32(24-6-5-7-26(38)33(24)40)28(19-44)43(29)16-21-8-10-22(11-9-21)36-47-30(45)17-42(4)18-31(46)48-36/h5-14,28-29,32,44H,15-19H2,1-4H3/t28-,29-,32-,35-/m0/s1. The lowest BCUT2D eigenvalue weighted by atomic mass is 9.62. The van der Waals surface area contributed by atoms with Gasteiger partial charge in [-0.3, -0.25) is 19.4 Å². The maximum atomic E-state index is 16.0. The molecule has 8 nitrogen and oxygen atoms in total. The lowest BCUT2D eigenvalue weighted by Gasteiger charge is -2.39. The van der Waals surface area contributed by atoms with Crippen molar-refractivity contribution in [3.05, 3.63) is 99.0 Å². The van der Waals surface area contributed by atoms with E-state index in [1.165, 1.54) is 29.2 Å². The Morgan fingerprint density at radius 2 is 1.69 bits per heavy atom. The molecule has 0 unspecified atom stereocenters. The molecule has 13 heteroatoms. The molecule has 2 fully saturated rings. The number of nitriles is 1. The Labute approximate surface area is 289 Å². The Kier molecular flexibility index (Phi) is 10.5. The molecule has 3 aromatic rings. The maximum Gasteiger partial charge on any atom is 0.636 e. The summed E-state index contributed by atoms with van der Waals surface area (Å²) in [5.41, 5.74) is -0.773. The van der Waals surface area contributed by atoms with Crippen molar-refractivity contribution in [3.8, 4) is 6.07 Å². The van der Waals surface area contributed by atoms with E-state index < -0.39 is 60.7 Å². The number of hydrogen-bond acceptors (Lipinski definition) is 8. The maximum absolute atomic E-state index is 16.0. The van der Waals surface area contributed by atoms with Gasteiger partial charge < -0.3 is 14.4 Å². The molecule has 0 spiro atoms. The highest BCUT2D eigenvalue weighted by molar-refractivity contribution is 6.64. The Balaban J connectivity index is 1.62. The summed E-state index contributed by atoms with van der Waals surface area (Å²) >= 11 is 12.4. The minimum atomic E-state index is -1.69. The number of carbonyl (C=O) groups is 2. The quantitative estimate of drug-likeness (QED) is 0.335. The van der Waals surface area contributed by atoms with Crippen molar-refractivity contribution >= 4 is 47.7 Å². The van der Waals surface area contributed by atoms with Crippen LogP contribution in [-0.4, -0.2) is 72.8 Å². The van der Waals surface area contributed by atoms with Crippen LogP contribution in [0.1, 0.15) is 49.8 Å². The predicted octanol–water partition coefficient (Wildman–Crippen LogP) is 5.23. The van der Waals surface area contributed by atoms with Gasteiger partial charge in [-0.1, -0.05) is 86.4 Å². The highest BCUT2D eigenvalue weighted by atomic mass is 35.5. The van der Waals surface area contributed by atoms with Crippen LogP contribution in [0, 0.1) is 28.4 Å². The summed E-state index contributed by atoms with van der Waals surface area (Å²) in [6, 6.07) is 16.3. The number of hydrogen-bond donors (Lipinski definition) is 1. The number of nitrogens with zero attached hydrogens (tertiary/aromatic N) is 3. The fourth-order valence-corrected chi connectivity index (χ4v) is 7.38. The molecule has 1 N–H and O–H groups in total. The van der Waals surface area contributed by atoms with Crippen LogP contribution in [0.5, 0.6) is 0 Å². The van der Waals surface area contributed by atoms with Crippen molar-refractivity contribution in [2.75, 3.05) is 26.7 Å². The molecule has 0 aliphatic carbocycles. The molecule has 2 heterocycles. The van der Waals surface area contributed by atoms with E-state index in [9.17, 15) is 20.0 Å². The van der Waals surface area contributed by atoms with E-state index in [1.54, 1.807) is 37.4 Å². The van der Waals surface area contributed by atoms with Crippen molar-refractivity contribution in [2.45, 2.75) is 57.2 Å². The number of halogens is 4. The summed E-state index contributed by atoms with van der Waals surface area (Å²) in [5, 5.41) is 22.2. The zero-order valence-electron chi connectivity index (χ0n) is 27.1. The van der Waals surface area contributed by atoms with E-state index in [-0.39, 0.29) is 46.2 Å². The third kappa shape index (κ3) is 7.10. The van der Waals surface area contributed by atoms with Gasteiger partial charge in [0.05, 0.1) is 30.8 Å². The third-order valence-corrected chi connectivity index (χ3v) is 9.52. The van der Waals surface area contributed by atoms with Gasteiger partial charge in [0.15, 0.2) is 0 Å². The van der Waals surface area contributed by atoms with Gasteiger partial charge in [0.25, 0.3) is 0 Å². The Bertz CT molecular complexity index is 1710. The van der Waals surface area contributed by atoms with Gasteiger partial charge in [0.2, 0.25) is 0 Å². The molecular formula is C35H36BCl2F2N3O5. The van der Waals surface area contributed by atoms with Crippen molar-refractivity contribution in [3.63, 3.8) is 0 Å². The number of likely N-dealkylation sites (N-methyl/N-ethyl adjacent to an activating group) is 1. The van der Waals surface area contributed by atoms with Crippen molar-refractivity contribution in [1.29, 1.82) is 5.26 Å². The van der Waals surface area contributed by atoms with Crippen LogP contribution in [0.4, 0.5) is 8.78 Å². The average molecular weight is 698 g/mol. The molecule has 0 saturated carbocycles. The summed E-state index contributed by atoms with van der Waals surface area (Å²) in [7, 11) is 0.378. The highest BCUT2D eigenvalue weighted by Crippen LogP contribution is 2.56. The van der Waals surface area contributed by atoms with Crippen molar-refractivity contribution < 1.29 is 32.8 Å². The van der Waals surface area contributed by atoms with E-state index >= 15 is 8.78 Å². The second-order valence-corrected chi connectivity index (χ2v) is 14.5. The van der Waals surface area contributed by atoms with Gasteiger partial charge in [-0.2, -0.15) is 5.26 Å². The molecule has 2 saturated heterocycles. The molecule has 4 atom stereocenters. The van der Waals surface area contributed by atoms with Crippen LogP contribution in [0.15, 0.2) is 60.7 Å². The lowest BCUT2D eigenvalue weighted by molar-refractivity contribution is -0.145. The molecule has 252 valence electrons. The first-order valence-electron chi connectivity index (χ1n) is 15.5. The topological polar surface area (TPSA) is 103 Å².